The van der Waals surface area contributed by atoms with Gasteiger partial charge in [-0.1, -0.05) is 41.9 Å². The Kier molecular flexibility index (Phi) is 6.37. The van der Waals surface area contributed by atoms with E-state index in [-0.39, 0.29) is 5.02 Å². The lowest BCUT2D eigenvalue weighted by atomic mass is 10.1. The summed E-state index contributed by atoms with van der Waals surface area (Å²) in [6.45, 7) is -0.778. The molecule has 0 radical (unpaired) electrons. The average Bonchev–Trinajstić information content (AvgIpc) is 2.71. The molecule has 30 heavy (non-hydrogen) atoms. The summed E-state index contributed by atoms with van der Waals surface area (Å²) in [6.07, 6.45) is -0.509. The summed E-state index contributed by atoms with van der Waals surface area (Å²) < 4.78 is 44.0. The van der Waals surface area contributed by atoms with Gasteiger partial charge in [0.25, 0.3) is 5.91 Å². The number of carbonyl (C=O) groups excluding carboxylic acids is 2. The molecule has 0 spiro atoms. The van der Waals surface area contributed by atoms with E-state index < -0.39 is 35.9 Å². The van der Waals surface area contributed by atoms with Gasteiger partial charge in [-0.2, -0.15) is 13.2 Å². The molecule has 1 amide bonds. The van der Waals surface area contributed by atoms with Crippen LogP contribution in [-0.4, -0.2) is 23.5 Å². The van der Waals surface area contributed by atoms with E-state index in [4.69, 9.17) is 16.3 Å². The number of ether oxygens (including phenoxy) is 1. The van der Waals surface area contributed by atoms with E-state index in [2.05, 4.69) is 4.98 Å². The molecule has 154 valence electrons. The van der Waals surface area contributed by atoms with Crippen molar-refractivity contribution < 1.29 is 27.5 Å². The Labute approximate surface area is 174 Å². The molecule has 3 aromatic rings. The van der Waals surface area contributed by atoms with Crippen LogP contribution in [0.2, 0.25) is 5.02 Å². The van der Waals surface area contributed by atoms with Crippen LogP contribution in [0.5, 0.6) is 0 Å². The van der Waals surface area contributed by atoms with Crippen molar-refractivity contribution in [1.29, 1.82) is 0 Å². The Hall–Kier alpha value is -3.39. The molecule has 3 rings (SSSR count). The number of benzene rings is 2. The summed E-state index contributed by atoms with van der Waals surface area (Å²) in [7, 11) is 0. The number of halogens is 4. The number of hydrogen-bond acceptors (Lipinski definition) is 4. The van der Waals surface area contributed by atoms with Gasteiger partial charge in [0.05, 0.1) is 21.8 Å². The van der Waals surface area contributed by atoms with Crippen LogP contribution in [0.1, 0.15) is 11.1 Å². The summed E-state index contributed by atoms with van der Waals surface area (Å²) in [5, 5.41) is 2.63. The summed E-state index contributed by atoms with van der Waals surface area (Å²) in [5.74, 6) is -1.80. The summed E-state index contributed by atoms with van der Waals surface area (Å²) in [5.41, 5.74) is -0.344. The predicted octanol–water partition coefficient (Wildman–Crippen LogP) is 5.10. The van der Waals surface area contributed by atoms with Gasteiger partial charge in [0, 0.05) is 23.2 Å². The number of fused-ring (bicyclic) bond motifs is 1. The molecule has 0 saturated heterocycles. The van der Waals surface area contributed by atoms with Gasteiger partial charge < -0.3 is 10.1 Å². The highest BCUT2D eigenvalue weighted by Gasteiger charge is 2.34. The van der Waals surface area contributed by atoms with Crippen molar-refractivity contribution in [3.63, 3.8) is 0 Å². The molecule has 1 N–H and O–H groups in total. The van der Waals surface area contributed by atoms with Crippen LogP contribution in [0.15, 0.2) is 60.8 Å². The van der Waals surface area contributed by atoms with Gasteiger partial charge in [-0.15, -0.1) is 0 Å². The zero-order valence-electron chi connectivity index (χ0n) is 15.2. The molecule has 1 heterocycles. The van der Waals surface area contributed by atoms with Gasteiger partial charge in [-0.05, 0) is 24.3 Å². The van der Waals surface area contributed by atoms with E-state index in [0.717, 1.165) is 23.6 Å². The molecule has 1 aromatic heterocycles. The zero-order valence-corrected chi connectivity index (χ0v) is 16.0. The van der Waals surface area contributed by atoms with E-state index in [0.29, 0.717) is 11.1 Å². The fourth-order valence-corrected chi connectivity index (χ4v) is 2.89. The Morgan fingerprint density at radius 3 is 2.60 bits per heavy atom. The number of hydrogen-bond donors (Lipinski definition) is 1. The first-order valence-corrected chi connectivity index (χ1v) is 8.97. The van der Waals surface area contributed by atoms with Crippen LogP contribution >= 0.6 is 11.6 Å². The van der Waals surface area contributed by atoms with Crippen molar-refractivity contribution in [2.24, 2.45) is 0 Å². The molecule has 5 nitrogen and oxygen atoms in total. The Morgan fingerprint density at radius 1 is 1.10 bits per heavy atom. The maximum atomic E-state index is 13.1. The van der Waals surface area contributed by atoms with Crippen LogP contribution in [0.25, 0.3) is 17.0 Å². The minimum absolute atomic E-state index is 0.284. The highest BCUT2D eigenvalue weighted by Crippen LogP contribution is 2.38. The maximum Gasteiger partial charge on any atom is 0.418 e. The number of carbonyl (C=O) groups is 2. The molecule has 0 aliphatic carbocycles. The first-order chi connectivity index (χ1) is 14.3. The molecule has 0 saturated carbocycles. The molecule has 0 atom stereocenters. The molecule has 0 bridgehead atoms. The molecular weight excluding hydrogens is 421 g/mol. The number of nitrogens with zero attached hydrogens (tertiary/aromatic N) is 1. The third-order valence-corrected chi connectivity index (χ3v) is 4.31. The number of amides is 1. The van der Waals surface area contributed by atoms with Crippen molar-refractivity contribution in [3.05, 3.63) is 77.0 Å². The highest BCUT2D eigenvalue weighted by molar-refractivity contribution is 6.34. The molecule has 0 aliphatic heterocycles. The number of anilines is 1. The second-order valence-corrected chi connectivity index (χ2v) is 6.48. The molecule has 0 aliphatic rings. The normalized spacial score (nSPS) is 11.6. The fourth-order valence-electron chi connectivity index (χ4n) is 2.67. The maximum absolute atomic E-state index is 13.1. The lowest BCUT2D eigenvalue weighted by Gasteiger charge is -2.15. The second-order valence-electron chi connectivity index (χ2n) is 6.07. The van der Waals surface area contributed by atoms with E-state index in [1.807, 2.05) is 17.4 Å². The highest BCUT2D eigenvalue weighted by atomic mass is 35.5. The number of nitrogens with one attached hydrogen (secondary N) is 1. The number of pyridine rings is 1. The number of para-hydroxylation sites is 2. The standard InChI is InChI=1S/C21H14ClF3N2O3/c22-16-8-2-7-15(21(23,24)25)20(16)27-17(28)12-30-18(29)10-9-14-5-1-4-13-6-3-11-26-19(13)14/h1-11H,12H2,(H,27,28)/b10-9+. The first-order valence-electron chi connectivity index (χ1n) is 8.60. The molecular formula is C21H14ClF3N2O3. The van der Waals surface area contributed by atoms with Crippen molar-refractivity contribution >= 4 is 46.1 Å². The molecule has 0 unspecified atom stereocenters. The third-order valence-electron chi connectivity index (χ3n) is 3.99. The Balaban J connectivity index is 1.63. The Bertz CT molecular complexity index is 1120. The topological polar surface area (TPSA) is 68.3 Å². The average molecular weight is 435 g/mol. The summed E-state index contributed by atoms with van der Waals surface area (Å²) >= 11 is 5.77. The lowest BCUT2D eigenvalue weighted by molar-refractivity contribution is -0.142. The predicted molar refractivity (Wildman–Crippen MR) is 107 cm³/mol. The van der Waals surface area contributed by atoms with Gasteiger partial charge in [0.2, 0.25) is 0 Å². The minimum atomic E-state index is -4.71. The summed E-state index contributed by atoms with van der Waals surface area (Å²) in [6, 6.07) is 12.2. The monoisotopic (exact) mass is 434 g/mol. The SMILES string of the molecule is O=C(COC(=O)/C=C/c1cccc2cccnc12)Nc1c(Cl)cccc1C(F)(F)F. The van der Waals surface area contributed by atoms with Crippen molar-refractivity contribution in [2.45, 2.75) is 6.18 Å². The van der Waals surface area contributed by atoms with Gasteiger partial charge in [-0.25, -0.2) is 4.79 Å². The van der Waals surface area contributed by atoms with Crippen LogP contribution in [0, 0.1) is 0 Å². The number of esters is 1. The van der Waals surface area contributed by atoms with Crippen molar-refractivity contribution in [1.82, 2.24) is 4.98 Å². The minimum Gasteiger partial charge on any atom is -0.452 e. The molecule has 0 fully saturated rings. The second kappa shape index (κ2) is 8.96. The smallest absolute Gasteiger partial charge is 0.418 e. The fraction of sp³-hybridized carbons (Fsp3) is 0.0952. The van der Waals surface area contributed by atoms with Crippen LogP contribution in [-0.2, 0) is 20.5 Å². The third kappa shape index (κ3) is 5.15. The van der Waals surface area contributed by atoms with Crippen molar-refractivity contribution in [3.8, 4) is 0 Å². The number of aromatic nitrogens is 1. The first kappa shape index (κ1) is 21.3. The molecule has 2 aromatic carbocycles. The zero-order chi connectivity index (χ0) is 21.7. The van der Waals surface area contributed by atoms with E-state index in [9.17, 15) is 22.8 Å². The van der Waals surface area contributed by atoms with Gasteiger partial charge in [0.1, 0.15) is 0 Å². The van der Waals surface area contributed by atoms with Crippen LogP contribution in [0.4, 0.5) is 18.9 Å². The van der Waals surface area contributed by atoms with Gasteiger partial charge in [-0.3, -0.25) is 9.78 Å². The van der Waals surface area contributed by atoms with Crippen molar-refractivity contribution in [2.75, 3.05) is 11.9 Å². The Morgan fingerprint density at radius 2 is 1.83 bits per heavy atom. The van der Waals surface area contributed by atoms with E-state index >= 15 is 0 Å². The largest absolute Gasteiger partial charge is 0.452 e. The molecule has 9 heteroatoms. The quantitative estimate of drug-likeness (QED) is 0.448. The van der Waals surface area contributed by atoms with Crippen LogP contribution < -0.4 is 5.32 Å². The van der Waals surface area contributed by atoms with Gasteiger partial charge >= 0.3 is 12.1 Å². The van der Waals surface area contributed by atoms with Crippen LogP contribution in [0.3, 0.4) is 0 Å². The summed E-state index contributed by atoms with van der Waals surface area (Å²) in [4.78, 5) is 28.1. The van der Waals surface area contributed by atoms with E-state index in [1.165, 1.54) is 12.1 Å². The van der Waals surface area contributed by atoms with Gasteiger partial charge in [0.15, 0.2) is 6.61 Å². The number of alkyl halides is 3. The lowest BCUT2D eigenvalue weighted by Crippen LogP contribution is -2.22. The van der Waals surface area contributed by atoms with E-state index in [1.54, 1.807) is 24.4 Å². The number of rotatable bonds is 5.